The topological polar surface area (TPSA) is 102 Å². The molecule has 40 heavy (non-hydrogen) atoms. The van der Waals surface area contributed by atoms with Crippen molar-refractivity contribution in [2.24, 2.45) is 5.92 Å². The molecule has 1 amide bonds. The van der Waals surface area contributed by atoms with E-state index in [-0.39, 0.29) is 72.7 Å². The van der Waals surface area contributed by atoms with Crippen LogP contribution in [0.3, 0.4) is 0 Å². The first-order chi connectivity index (χ1) is 19.0. The van der Waals surface area contributed by atoms with E-state index in [2.05, 4.69) is 10.5 Å². The van der Waals surface area contributed by atoms with Crippen molar-refractivity contribution >= 4 is 28.1 Å². The monoisotopic (exact) mass is 581 g/mol. The number of sulfonamides is 1. The van der Waals surface area contributed by atoms with Gasteiger partial charge in [-0.2, -0.15) is 17.5 Å². The van der Waals surface area contributed by atoms with Crippen molar-refractivity contribution in [3.63, 3.8) is 0 Å². The molecule has 1 N–H and O–H groups in total. The molecule has 0 radical (unpaired) electrons. The molecule has 0 unspecified atom stereocenters. The summed E-state index contributed by atoms with van der Waals surface area (Å²) in [5.74, 6) is -1.19. The van der Waals surface area contributed by atoms with Crippen LogP contribution in [0.15, 0.2) is 57.9 Å². The van der Waals surface area contributed by atoms with Crippen LogP contribution in [0.5, 0.6) is 5.75 Å². The summed E-state index contributed by atoms with van der Waals surface area (Å²) in [6.07, 6.45) is -1.19. The highest BCUT2D eigenvalue weighted by atomic mass is 32.2. The first kappa shape index (κ1) is 29.3. The van der Waals surface area contributed by atoms with Crippen LogP contribution >= 0.6 is 0 Å². The summed E-state index contributed by atoms with van der Waals surface area (Å²) >= 11 is 0. The molecular weight excluding hydrogens is 554 g/mol. The number of hydrogen-bond donors (Lipinski definition) is 1. The smallest absolute Gasteiger partial charge is 0.416 e. The van der Waals surface area contributed by atoms with Crippen LogP contribution in [0.1, 0.15) is 35.4 Å². The molecule has 2 aromatic carbocycles. The van der Waals surface area contributed by atoms with Gasteiger partial charge in [-0.3, -0.25) is 4.79 Å². The van der Waals surface area contributed by atoms with Crippen molar-refractivity contribution < 1.29 is 40.0 Å². The minimum atomic E-state index is -4.48. The molecule has 214 valence electrons. The molecule has 0 aliphatic carbocycles. The molecule has 0 atom stereocenters. The average molecular weight is 582 g/mol. The zero-order chi connectivity index (χ0) is 28.9. The summed E-state index contributed by atoms with van der Waals surface area (Å²) < 4.78 is 91.0. The number of aromatic nitrogens is 1. The van der Waals surface area contributed by atoms with E-state index in [1.165, 1.54) is 47.6 Å². The fraction of sp³-hybridized carbons (Fsp3) is 0.333. The Morgan fingerprint density at radius 1 is 1.15 bits per heavy atom. The van der Waals surface area contributed by atoms with Crippen LogP contribution in [0.4, 0.5) is 17.6 Å². The molecule has 3 aromatic rings. The number of nitrogens with one attached hydrogen (secondary N) is 1. The zero-order valence-electron chi connectivity index (χ0n) is 21.4. The average Bonchev–Trinajstić information content (AvgIpc) is 3.31. The number of carbonyl (C=O) groups is 1. The molecule has 1 saturated heterocycles. The lowest BCUT2D eigenvalue weighted by molar-refractivity contribution is -0.137. The van der Waals surface area contributed by atoms with E-state index in [0.717, 1.165) is 12.1 Å². The van der Waals surface area contributed by atoms with E-state index < -0.39 is 33.5 Å². The number of halogens is 4. The lowest BCUT2D eigenvalue weighted by Gasteiger charge is -2.30. The van der Waals surface area contributed by atoms with E-state index in [0.29, 0.717) is 0 Å². The second kappa shape index (κ2) is 12.2. The van der Waals surface area contributed by atoms with Gasteiger partial charge in [-0.15, -0.1) is 0 Å². The zero-order valence-corrected chi connectivity index (χ0v) is 22.3. The first-order valence-corrected chi connectivity index (χ1v) is 13.9. The Bertz CT molecular complexity index is 1480. The molecule has 0 bridgehead atoms. The molecule has 1 aromatic heterocycles. The predicted octanol–water partition coefficient (Wildman–Crippen LogP) is 4.91. The third-order valence-electron chi connectivity index (χ3n) is 6.41. The largest absolute Gasteiger partial charge is 0.492 e. The van der Waals surface area contributed by atoms with Crippen molar-refractivity contribution in [2.75, 3.05) is 26.2 Å². The maximum Gasteiger partial charge on any atom is 0.416 e. The highest BCUT2D eigenvalue weighted by Crippen LogP contribution is 2.32. The lowest BCUT2D eigenvalue weighted by Crippen LogP contribution is -2.43. The van der Waals surface area contributed by atoms with Crippen molar-refractivity contribution in [3.8, 4) is 5.75 Å². The minimum absolute atomic E-state index is 0.0265. The van der Waals surface area contributed by atoms with Gasteiger partial charge in [0.15, 0.2) is 10.7 Å². The number of hydrogen-bond acceptors (Lipinski definition) is 6. The van der Waals surface area contributed by atoms with Gasteiger partial charge in [0.1, 0.15) is 23.9 Å². The summed E-state index contributed by atoms with van der Waals surface area (Å²) in [6.45, 7) is 1.71. The summed E-state index contributed by atoms with van der Waals surface area (Å²) in [7, 11) is -4.01. The SMILES string of the molecule is Cc1noc(C=Cc2ccccc2F)c1S(=O)(=O)N1CCC(C(=O)NCCOc2cccc(C(F)(F)F)c2)CC1. The Morgan fingerprint density at radius 2 is 1.88 bits per heavy atom. The molecule has 1 aliphatic heterocycles. The van der Waals surface area contributed by atoms with Crippen molar-refractivity contribution in [1.29, 1.82) is 0 Å². The van der Waals surface area contributed by atoms with E-state index in [1.807, 2.05) is 0 Å². The highest BCUT2D eigenvalue weighted by Gasteiger charge is 2.36. The third kappa shape index (κ3) is 6.89. The van der Waals surface area contributed by atoms with E-state index in [9.17, 15) is 30.8 Å². The number of benzene rings is 2. The summed E-state index contributed by atoms with van der Waals surface area (Å²) in [4.78, 5) is 12.5. The van der Waals surface area contributed by atoms with E-state index >= 15 is 0 Å². The van der Waals surface area contributed by atoms with Crippen LogP contribution in [0.2, 0.25) is 0 Å². The second-order valence-electron chi connectivity index (χ2n) is 9.16. The van der Waals surface area contributed by atoms with Crippen molar-refractivity contribution in [3.05, 3.63) is 76.9 Å². The van der Waals surface area contributed by atoms with Gasteiger partial charge in [0, 0.05) is 24.6 Å². The maximum atomic E-state index is 14.0. The molecule has 13 heteroatoms. The first-order valence-electron chi connectivity index (χ1n) is 12.4. The van der Waals surface area contributed by atoms with Crippen LogP contribution in [0, 0.1) is 18.7 Å². The minimum Gasteiger partial charge on any atom is -0.492 e. The normalized spacial score (nSPS) is 15.4. The lowest BCUT2D eigenvalue weighted by atomic mass is 9.97. The molecule has 8 nitrogen and oxygen atoms in total. The molecule has 0 spiro atoms. The summed E-state index contributed by atoms with van der Waals surface area (Å²) in [5.41, 5.74) is -0.411. The van der Waals surface area contributed by atoms with Gasteiger partial charge in [0.05, 0.1) is 12.1 Å². The summed E-state index contributed by atoms with van der Waals surface area (Å²) in [6, 6.07) is 10.5. The molecular formula is C27H27F4N3O5S. The fourth-order valence-corrected chi connectivity index (χ4v) is 6.03. The predicted molar refractivity (Wildman–Crippen MR) is 138 cm³/mol. The van der Waals surface area contributed by atoms with Gasteiger partial charge in [-0.05, 0) is 56.2 Å². The van der Waals surface area contributed by atoms with Gasteiger partial charge in [-0.25, -0.2) is 12.8 Å². The van der Waals surface area contributed by atoms with Gasteiger partial charge >= 0.3 is 6.18 Å². The number of amides is 1. The number of rotatable bonds is 9. The van der Waals surface area contributed by atoms with Gasteiger partial charge < -0.3 is 14.6 Å². The number of alkyl halides is 3. The Labute approximate surface area is 228 Å². The highest BCUT2D eigenvalue weighted by molar-refractivity contribution is 7.89. The van der Waals surface area contributed by atoms with Crippen molar-refractivity contribution in [1.82, 2.24) is 14.8 Å². The van der Waals surface area contributed by atoms with Crippen LogP contribution in [0.25, 0.3) is 12.2 Å². The van der Waals surface area contributed by atoms with E-state index in [4.69, 9.17) is 9.26 Å². The molecule has 1 fully saturated rings. The Morgan fingerprint density at radius 3 is 2.58 bits per heavy atom. The Balaban J connectivity index is 1.30. The molecule has 4 rings (SSSR count). The van der Waals surface area contributed by atoms with Crippen molar-refractivity contribution in [2.45, 2.75) is 30.8 Å². The number of aryl methyl sites for hydroxylation is 1. The number of piperidine rings is 1. The summed E-state index contributed by atoms with van der Waals surface area (Å²) in [5, 5.41) is 6.46. The van der Waals surface area contributed by atoms with Crippen LogP contribution in [-0.2, 0) is 21.0 Å². The van der Waals surface area contributed by atoms with E-state index in [1.54, 1.807) is 12.1 Å². The molecule has 1 aliphatic rings. The molecule has 2 heterocycles. The van der Waals surface area contributed by atoms with Gasteiger partial charge in [-0.1, -0.05) is 29.4 Å². The van der Waals surface area contributed by atoms with Crippen LogP contribution < -0.4 is 10.1 Å². The maximum absolute atomic E-state index is 14.0. The number of carbonyl (C=O) groups excluding carboxylic acids is 1. The number of ether oxygens (including phenoxy) is 1. The van der Waals surface area contributed by atoms with Crippen LogP contribution in [-0.4, -0.2) is 50.0 Å². The molecule has 0 saturated carbocycles. The quantitative estimate of drug-likeness (QED) is 0.285. The van der Waals surface area contributed by atoms with Gasteiger partial charge in [0.2, 0.25) is 15.9 Å². The standard InChI is InChI=1S/C27H27F4N3O5S/c1-18-25(24(39-33-18)10-9-19-5-2-3-8-23(19)28)40(36,37)34-14-11-20(12-15-34)26(35)32-13-16-38-22-7-4-6-21(17-22)27(29,30)31/h2-10,17,20H,11-16H2,1H3,(H,32,35). The fourth-order valence-electron chi connectivity index (χ4n) is 4.31. The Kier molecular flexibility index (Phi) is 8.94. The third-order valence-corrected chi connectivity index (χ3v) is 8.46. The number of nitrogens with zero attached hydrogens (tertiary/aromatic N) is 2. The Hall–Kier alpha value is -3.71. The van der Waals surface area contributed by atoms with Gasteiger partial charge in [0.25, 0.3) is 0 Å². The second-order valence-corrected chi connectivity index (χ2v) is 11.0.